The fraction of sp³-hybridized carbons (Fsp3) is 0.143. The minimum absolute atomic E-state index is 0.213. The summed E-state index contributed by atoms with van der Waals surface area (Å²) in [5.41, 5.74) is 5.24. The molecular formula is C7H6N6OS. The third kappa shape index (κ3) is 1.77. The van der Waals surface area contributed by atoms with Crippen LogP contribution in [0.1, 0.15) is 0 Å². The van der Waals surface area contributed by atoms with E-state index >= 15 is 0 Å². The molecule has 76 valence electrons. The normalized spacial score (nSPS) is 10.3. The number of aromatic nitrogens is 4. The van der Waals surface area contributed by atoms with E-state index in [-0.39, 0.29) is 22.9 Å². The highest BCUT2D eigenvalue weighted by molar-refractivity contribution is 7.99. The number of hydrogen-bond donors (Lipinski definition) is 2. The van der Waals surface area contributed by atoms with E-state index in [4.69, 9.17) is 11.0 Å². The average Bonchev–Trinajstić information content (AvgIpc) is 2.57. The van der Waals surface area contributed by atoms with Crippen LogP contribution in [0.3, 0.4) is 0 Å². The molecule has 2 aromatic heterocycles. The van der Waals surface area contributed by atoms with Crippen LogP contribution >= 0.6 is 11.8 Å². The summed E-state index contributed by atoms with van der Waals surface area (Å²) in [6, 6.07) is 3.18. The van der Waals surface area contributed by atoms with Crippen LogP contribution in [-0.4, -0.2) is 25.3 Å². The maximum atomic E-state index is 11.1. The van der Waals surface area contributed by atoms with Crippen molar-refractivity contribution in [1.82, 2.24) is 19.6 Å². The number of fused-ring (bicyclic) bond motifs is 1. The van der Waals surface area contributed by atoms with Gasteiger partial charge in [0.05, 0.1) is 11.8 Å². The van der Waals surface area contributed by atoms with Gasteiger partial charge in [0, 0.05) is 6.07 Å². The van der Waals surface area contributed by atoms with Crippen molar-refractivity contribution in [1.29, 1.82) is 5.26 Å². The van der Waals surface area contributed by atoms with Gasteiger partial charge in [0.2, 0.25) is 10.9 Å². The van der Waals surface area contributed by atoms with Crippen molar-refractivity contribution in [2.24, 2.45) is 0 Å². The molecular weight excluding hydrogens is 216 g/mol. The lowest BCUT2D eigenvalue weighted by atomic mass is 10.6. The average molecular weight is 222 g/mol. The molecule has 0 radical (unpaired) electrons. The number of H-pyrrole nitrogens is 1. The Labute approximate surface area is 87.9 Å². The zero-order valence-corrected chi connectivity index (χ0v) is 8.28. The van der Waals surface area contributed by atoms with Crippen LogP contribution in [-0.2, 0) is 0 Å². The SMILES string of the molecule is N#CCSc1nc2[nH]c(=O)cc(N)n2n1. The zero-order valence-electron chi connectivity index (χ0n) is 7.47. The Balaban J connectivity index is 2.52. The molecule has 0 spiro atoms. The molecule has 7 nitrogen and oxygen atoms in total. The number of aromatic amines is 1. The van der Waals surface area contributed by atoms with Crippen molar-refractivity contribution in [3.05, 3.63) is 16.4 Å². The highest BCUT2D eigenvalue weighted by atomic mass is 32.2. The smallest absolute Gasteiger partial charge is 0.254 e. The van der Waals surface area contributed by atoms with Crippen LogP contribution in [0.25, 0.3) is 5.78 Å². The Bertz CT molecular complexity index is 594. The van der Waals surface area contributed by atoms with E-state index in [0.29, 0.717) is 5.16 Å². The van der Waals surface area contributed by atoms with Gasteiger partial charge in [0.25, 0.3) is 5.56 Å². The van der Waals surface area contributed by atoms with Crippen LogP contribution in [0.15, 0.2) is 16.0 Å². The predicted octanol–water partition coefficient (Wildman–Crippen LogP) is -0.385. The van der Waals surface area contributed by atoms with Gasteiger partial charge >= 0.3 is 0 Å². The molecule has 0 bridgehead atoms. The number of anilines is 1. The Morgan fingerprint density at radius 2 is 2.53 bits per heavy atom. The number of nitrogen functional groups attached to an aromatic ring is 1. The number of nitriles is 1. The summed E-state index contributed by atoms with van der Waals surface area (Å²) in [5, 5.41) is 12.8. The van der Waals surface area contributed by atoms with Crippen molar-refractivity contribution in [2.45, 2.75) is 5.16 Å². The maximum Gasteiger partial charge on any atom is 0.254 e. The maximum absolute atomic E-state index is 11.1. The van der Waals surface area contributed by atoms with Crippen molar-refractivity contribution in [3.63, 3.8) is 0 Å². The van der Waals surface area contributed by atoms with Crippen LogP contribution in [0.5, 0.6) is 0 Å². The topological polar surface area (TPSA) is 113 Å². The molecule has 15 heavy (non-hydrogen) atoms. The van der Waals surface area contributed by atoms with E-state index in [2.05, 4.69) is 15.1 Å². The van der Waals surface area contributed by atoms with Gasteiger partial charge in [-0.1, -0.05) is 11.8 Å². The number of nitrogens with one attached hydrogen (secondary N) is 1. The molecule has 0 aliphatic rings. The molecule has 2 aromatic rings. The van der Waals surface area contributed by atoms with E-state index in [9.17, 15) is 4.79 Å². The van der Waals surface area contributed by atoms with Crippen LogP contribution in [0, 0.1) is 11.3 Å². The third-order valence-electron chi connectivity index (χ3n) is 1.61. The van der Waals surface area contributed by atoms with E-state index in [1.54, 1.807) is 0 Å². The molecule has 0 fully saturated rings. The second-order valence-electron chi connectivity index (χ2n) is 2.64. The standard InChI is InChI=1S/C7H6N6OS/c8-1-2-15-7-11-6-10-5(14)3-4(9)13(6)12-7/h3H,2,9H2,(H,10,11,12,14). The molecule has 3 N–H and O–H groups in total. The molecule has 0 aliphatic heterocycles. The van der Waals surface area contributed by atoms with E-state index < -0.39 is 0 Å². The summed E-state index contributed by atoms with van der Waals surface area (Å²) in [5.74, 6) is 0.742. The fourth-order valence-corrected chi connectivity index (χ4v) is 1.54. The first-order valence-corrected chi connectivity index (χ1v) is 4.94. The number of thioether (sulfide) groups is 1. The largest absolute Gasteiger partial charge is 0.383 e. The van der Waals surface area contributed by atoms with Crippen molar-refractivity contribution in [2.75, 3.05) is 11.5 Å². The van der Waals surface area contributed by atoms with Gasteiger partial charge in [-0.05, 0) is 0 Å². The van der Waals surface area contributed by atoms with Gasteiger partial charge in [-0.25, -0.2) is 0 Å². The lowest BCUT2D eigenvalue weighted by Crippen LogP contribution is -2.11. The van der Waals surface area contributed by atoms with E-state index in [1.807, 2.05) is 6.07 Å². The molecule has 8 heteroatoms. The molecule has 0 aliphatic carbocycles. The molecule has 0 saturated carbocycles. The number of hydrogen-bond acceptors (Lipinski definition) is 6. The lowest BCUT2D eigenvalue weighted by Gasteiger charge is -1.93. The minimum atomic E-state index is -0.329. The molecule has 2 heterocycles. The van der Waals surface area contributed by atoms with Crippen molar-refractivity contribution < 1.29 is 0 Å². The first kappa shape index (κ1) is 9.54. The van der Waals surface area contributed by atoms with Gasteiger partial charge in [0.1, 0.15) is 5.82 Å². The first-order chi connectivity index (χ1) is 7.20. The summed E-state index contributed by atoms with van der Waals surface area (Å²) in [6.45, 7) is 0. The Hall–Kier alpha value is -2.01. The third-order valence-corrected chi connectivity index (χ3v) is 2.32. The Morgan fingerprint density at radius 3 is 3.27 bits per heavy atom. The summed E-state index contributed by atoms with van der Waals surface area (Å²) in [7, 11) is 0. The van der Waals surface area contributed by atoms with Gasteiger partial charge in [-0.3, -0.25) is 9.78 Å². The molecule has 0 unspecified atom stereocenters. The lowest BCUT2D eigenvalue weighted by molar-refractivity contribution is 0.886. The Kier molecular flexibility index (Phi) is 2.31. The monoisotopic (exact) mass is 222 g/mol. The quantitative estimate of drug-likeness (QED) is 0.669. The second-order valence-corrected chi connectivity index (χ2v) is 3.58. The van der Waals surface area contributed by atoms with E-state index in [0.717, 1.165) is 0 Å². The van der Waals surface area contributed by atoms with Crippen molar-refractivity contribution >= 4 is 23.4 Å². The summed E-state index contributed by atoms with van der Waals surface area (Å²) in [6.07, 6.45) is 0. The van der Waals surface area contributed by atoms with Crippen LogP contribution in [0.2, 0.25) is 0 Å². The summed E-state index contributed by atoms with van der Waals surface area (Å²) in [4.78, 5) is 17.5. The van der Waals surface area contributed by atoms with Crippen LogP contribution in [0.4, 0.5) is 5.82 Å². The predicted molar refractivity (Wildman–Crippen MR) is 54.4 cm³/mol. The summed E-state index contributed by atoms with van der Waals surface area (Å²) >= 11 is 1.18. The fourth-order valence-electron chi connectivity index (χ4n) is 1.05. The highest BCUT2D eigenvalue weighted by Gasteiger charge is 2.07. The molecule has 2 rings (SSSR count). The van der Waals surface area contributed by atoms with Gasteiger partial charge < -0.3 is 5.73 Å². The number of nitrogens with zero attached hydrogens (tertiary/aromatic N) is 4. The van der Waals surface area contributed by atoms with Crippen LogP contribution < -0.4 is 11.3 Å². The molecule has 0 aromatic carbocycles. The minimum Gasteiger partial charge on any atom is -0.383 e. The first-order valence-electron chi connectivity index (χ1n) is 3.96. The number of rotatable bonds is 2. The molecule has 0 amide bonds. The van der Waals surface area contributed by atoms with Gasteiger partial charge in [-0.15, -0.1) is 5.10 Å². The van der Waals surface area contributed by atoms with Gasteiger partial charge in [0.15, 0.2) is 0 Å². The van der Waals surface area contributed by atoms with E-state index in [1.165, 1.54) is 22.3 Å². The molecule has 0 saturated heterocycles. The molecule has 0 atom stereocenters. The Morgan fingerprint density at radius 1 is 1.73 bits per heavy atom. The van der Waals surface area contributed by atoms with Crippen molar-refractivity contribution in [3.8, 4) is 6.07 Å². The summed E-state index contributed by atoms with van der Waals surface area (Å²) < 4.78 is 1.32. The zero-order chi connectivity index (χ0) is 10.8. The second kappa shape index (κ2) is 3.62. The highest BCUT2D eigenvalue weighted by Crippen LogP contribution is 2.13. The van der Waals surface area contributed by atoms with Gasteiger partial charge in [-0.2, -0.15) is 14.8 Å². The number of nitrogens with two attached hydrogens (primary N) is 1.